The van der Waals surface area contributed by atoms with Gasteiger partial charge in [-0.2, -0.15) is 4.99 Å². The smallest absolute Gasteiger partial charge is 0.252 e. The van der Waals surface area contributed by atoms with Gasteiger partial charge in [-0.1, -0.05) is 53.2 Å². The maximum Gasteiger partial charge on any atom is 0.252 e. The lowest BCUT2D eigenvalue weighted by molar-refractivity contribution is -0.117. The second kappa shape index (κ2) is 8.24. The van der Waals surface area contributed by atoms with E-state index >= 15 is 0 Å². The van der Waals surface area contributed by atoms with Gasteiger partial charge in [-0.05, 0) is 30.7 Å². The summed E-state index contributed by atoms with van der Waals surface area (Å²) in [6.45, 7) is 1.97. The predicted octanol–water partition coefficient (Wildman–Crippen LogP) is 3.50. The molecule has 0 aliphatic carbocycles. The summed E-state index contributed by atoms with van der Waals surface area (Å²) < 4.78 is 30.0. The fraction of sp³-hybridized carbons (Fsp3) is 0.333. The Hall–Kier alpha value is -2.03. The highest BCUT2D eigenvalue weighted by molar-refractivity contribution is 8.16. The number of hydrogen-bond acceptors (Lipinski definition) is 5. The fourth-order valence-corrected chi connectivity index (χ4v) is 7.93. The lowest BCUT2D eigenvalue weighted by Gasteiger charge is -2.26. The molecule has 2 fully saturated rings. The molecule has 2 aliphatic heterocycles. The van der Waals surface area contributed by atoms with Gasteiger partial charge in [0.2, 0.25) is 0 Å². The van der Waals surface area contributed by atoms with Crippen LogP contribution in [0.15, 0.2) is 47.5 Å². The zero-order valence-electron chi connectivity index (χ0n) is 16.5. The lowest BCUT2D eigenvalue weighted by atomic mass is 10.1. The number of amides is 1. The average molecular weight is 465 g/mol. The molecule has 2 aromatic rings. The second-order valence-electron chi connectivity index (χ2n) is 7.44. The maximum absolute atomic E-state index is 12.7. The van der Waals surface area contributed by atoms with Crippen LogP contribution in [0.1, 0.15) is 11.1 Å². The number of carbonyl (C=O) groups excluding carboxylic acids is 1. The van der Waals surface area contributed by atoms with E-state index in [4.69, 9.17) is 16.3 Å². The zero-order valence-corrected chi connectivity index (χ0v) is 18.9. The molecular weight excluding hydrogens is 444 g/mol. The molecule has 9 heteroatoms. The van der Waals surface area contributed by atoms with Crippen molar-refractivity contribution in [2.75, 3.05) is 23.5 Å². The standard InChI is InChI=1S/C21H21ClN2O4S2/c1-13-4-3-5-14(8-13)9-20(25)23-21-24(16-10-15(22)6-7-18(16)28-2)17-11-30(26,27)12-19(17)29-21/h3-8,10,17,19H,9,11-12H2,1-2H3. The number of anilines is 1. The van der Waals surface area contributed by atoms with Crippen LogP contribution in [0.4, 0.5) is 5.69 Å². The Morgan fingerprint density at radius 2 is 2.07 bits per heavy atom. The molecule has 2 saturated heterocycles. The minimum atomic E-state index is -3.16. The Morgan fingerprint density at radius 3 is 2.80 bits per heavy atom. The predicted molar refractivity (Wildman–Crippen MR) is 122 cm³/mol. The van der Waals surface area contributed by atoms with Gasteiger partial charge in [0.05, 0.1) is 36.8 Å². The van der Waals surface area contributed by atoms with Crippen LogP contribution in [0.3, 0.4) is 0 Å². The SMILES string of the molecule is COc1ccc(Cl)cc1N1C(=NC(=O)Cc2cccc(C)c2)SC2CS(=O)(=O)CC21. The number of hydrogen-bond donors (Lipinski definition) is 0. The molecule has 0 N–H and O–H groups in total. The van der Waals surface area contributed by atoms with Crippen molar-refractivity contribution in [3.05, 3.63) is 58.6 Å². The quantitative estimate of drug-likeness (QED) is 0.689. The van der Waals surface area contributed by atoms with E-state index in [9.17, 15) is 13.2 Å². The van der Waals surface area contributed by atoms with Crippen molar-refractivity contribution < 1.29 is 17.9 Å². The van der Waals surface area contributed by atoms with Gasteiger partial charge in [0, 0.05) is 10.3 Å². The molecule has 2 aromatic carbocycles. The van der Waals surface area contributed by atoms with Gasteiger partial charge in [-0.25, -0.2) is 8.42 Å². The topological polar surface area (TPSA) is 76.0 Å². The third-order valence-corrected chi connectivity index (χ3v) is 8.57. The lowest BCUT2D eigenvalue weighted by Crippen LogP contribution is -2.38. The van der Waals surface area contributed by atoms with E-state index in [-0.39, 0.29) is 35.1 Å². The summed E-state index contributed by atoms with van der Waals surface area (Å²) in [6.07, 6.45) is 0.180. The number of aryl methyl sites for hydroxylation is 1. The van der Waals surface area contributed by atoms with Crippen molar-refractivity contribution >= 4 is 50.0 Å². The number of fused-ring (bicyclic) bond motifs is 1. The first kappa shape index (κ1) is 21.2. The molecule has 158 valence electrons. The molecule has 6 nitrogen and oxygen atoms in total. The number of ether oxygens (including phenoxy) is 1. The summed E-state index contributed by atoms with van der Waals surface area (Å²) in [7, 11) is -1.62. The second-order valence-corrected chi connectivity index (χ2v) is 11.2. The van der Waals surface area contributed by atoms with Crippen molar-refractivity contribution in [2.45, 2.75) is 24.6 Å². The van der Waals surface area contributed by atoms with Gasteiger partial charge in [-0.15, -0.1) is 0 Å². The molecule has 2 unspecified atom stereocenters. The molecule has 2 atom stereocenters. The highest BCUT2D eigenvalue weighted by Gasteiger charge is 2.50. The first-order valence-electron chi connectivity index (χ1n) is 9.42. The van der Waals surface area contributed by atoms with E-state index in [1.165, 1.54) is 11.8 Å². The molecule has 0 spiro atoms. The zero-order chi connectivity index (χ0) is 21.5. The number of amidine groups is 1. The molecule has 0 aromatic heterocycles. The van der Waals surface area contributed by atoms with E-state index < -0.39 is 9.84 Å². The Morgan fingerprint density at radius 1 is 1.27 bits per heavy atom. The fourth-order valence-electron chi connectivity index (χ4n) is 3.84. The van der Waals surface area contributed by atoms with Crippen LogP contribution >= 0.6 is 23.4 Å². The number of nitrogens with zero attached hydrogens (tertiary/aromatic N) is 2. The maximum atomic E-state index is 12.7. The molecule has 1 amide bonds. The van der Waals surface area contributed by atoms with Crippen LogP contribution in [-0.2, 0) is 21.1 Å². The van der Waals surface area contributed by atoms with E-state index in [1.54, 1.807) is 30.2 Å². The first-order chi connectivity index (χ1) is 14.3. The Bertz CT molecular complexity index is 1130. The number of carbonyl (C=O) groups is 1. The van der Waals surface area contributed by atoms with Crippen molar-refractivity contribution in [2.24, 2.45) is 4.99 Å². The van der Waals surface area contributed by atoms with Gasteiger partial charge in [0.25, 0.3) is 5.91 Å². The van der Waals surface area contributed by atoms with Crippen LogP contribution in [0, 0.1) is 6.92 Å². The van der Waals surface area contributed by atoms with Gasteiger partial charge in [0.1, 0.15) is 5.75 Å². The van der Waals surface area contributed by atoms with E-state index in [2.05, 4.69) is 4.99 Å². The van der Waals surface area contributed by atoms with E-state index in [0.29, 0.717) is 21.6 Å². The third-order valence-electron chi connectivity index (χ3n) is 5.13. The first-order valence-corrected chi connectivity index (χ1v) is 12.5. The molecule has 0 saturated carbocycles. The largest absolute Gasteiger partial charge is 0.495 e. The van der Waals surface area contributed by atoms with E-state index in [1.807, 2.05) is 31.2 Å². The number of methoxy groups -OCH3 is 1. The summed E-state index contributed by atoms with van der Waals surface area (Å²) in [4.78, 5) is 18.9. The molecule has 0 bridgehead atoms. The van der Waals surface area contributed by atoms with Crippen molar-refractivity contribution in [1.82, 2.24) is 0 Å². The van der Waals surface area contributed by atoms with E-state index in [0.717, 1.165) is 11.1 Å². The number of rotatable bonds is 4. The summed E-state index contributed by atoms with van der Waals surface area (Å²) >= 11 is 7.54. The van der Waals surface area contributed by atoms with Crippen LogP contribution in [0.25, 0.3) is 0 Å². The number of sulfone groups is 1. The van der Waals surface area contributed by atoms with Crippen LogP contribution in [-0.4, -0.2) is 49.4 Å². The molecule has 2 heterocycles. The van der Waals surface area contributed by atoms with Gasteiger partial charge in [0.15, 0.2) is 15.0 Å². The van der Waals surface area contributed by atoms with Gasteiger partial charge >= 0.3 is 0 Å². The van der Waals surface area contributed by atoms with Gasteiger partial charge < -0.3 is 9.64 Å². The summed E-state index contributed by atoms with van der Waals surface area (Å²) in [5.41, 5.74) is 2.58. The minimum Gasteiger partial charge on any atom is -0.495 e. The third kappa shape index (κ3) is 4.36. The Balaban J connectivity index is 1.70. The van der Waals surface area contributed by atoms with Crippen LogP contribution < -0.4 is 9.64 Å². The molecular formula is C21H21ClN2O4S2. The van der Waals surface area contributed by atoms with Crippen LogP contribution in [0.5, 0.6) is 5.75 Å². The Labute approximate surface area is 185 Å². The number of halogens is 1. The summed E-state index contributed by atoms with van der Waals surface area (Å²) in [5.74, 6) is 0.332. The molecule has 4 rings (SSSR count). The number of thioether (sulfide) groups is 1. The highest BCUT2D eigenvalue weighted by Crippen LogP contribution is 2.44. The van der Waals surface area contributed by atoms with Gasteiger partial charge in [-0.3, -0.25) is 4.79 Å². The number of aliphatic imine (C=N–C) groups is 1. The summed E-state index contributed by atoms with van der Waals surface area (Å²) in [6, 6.07) is 12.6. The number of benzene rings is 2. The summed E-state index contributed by atoms with van der Waals surface area (Å²) in [5, 5.41) is 0.785. The average Bonchev–Trinajstić information content (AvgIpc) is 3.12. The molecule has 0 radical (unpaired) electrons. The highest BCUT2D eigenvalue weighted by atomic mass is 35.5. The molecule has 30 heavy (non-hydrogen) atoms. The normalized spacial score (nSPS) is 23.6. The molecule has 2 aliphatic rings. The minimum absolute atomic E-state index is 0.00538. The van der Waals surface area contributed by atoms with Crippen molar-refractivity contribution in [3.63, 3.8) is 0 Å². The van der Waals surface area contributed by atoms with Crippen LogP contribution in [0.2, 0.25) is 5.02 Å². The van der Waals surface area contributed by atoms with Crippen molar-refractivity contribution in [1.29, 1.82) is 0 Å². The monoisotopic (exact) mass is 464 g/mol. The van der Waals surface area contributed by atoms with Crippen molar-refractivity contribution in [3.8, 4) is 5.75 Å². The Kier molecular flexibility index (Phi) is 5.83.